The fourth-order valence-corrected chi connectivity index (χ4v) is 2.44. The molecule has 4 rings (SSSR count). The third-order valence-corrected chi connectivity index (χ3v) is 3.53. The molecule has 3 aromatic heterocycles. The number of rotatable bonds is 1. The van der Waals surface area contributed by atoms with Gasteiger partial charge in [-0.3, -0.25) is 9.97 Å². The molecule has 5 nitrogen and oxygen atoms in total. The number of benzene rings is 1. The van der Waals surface area contributed by atoms with Crippen LogP contribution in [0, 0.1) is 0 Å². The summed E-state index contributed by atoms with van der Waals surface area (Å²) in [7, 11) is 0. The van der Waals surface area contributed by atoms with Crippen molar-refractivity contribution in [2.75, 3.05) is 0 Å². The molecule has 0 unspecified atom stereocenters. The van der Waals surface area contributed by atoms with E-state index in [4.69, 9.17) is 4.42 Å². The lowest BCUT2D eigenvalue weighted by Gasteiger charge is -2.04. The van der Waals surface area contributed by atoms with E-state index in [1.807, 2.05) is 36.4 Å². The molecule has 0 amide bonds. The molecule has 4 aromatic rings. The van der Waals surface area contributed by atoms with E-state index in [1.165, 1.54) is 0 Å². The molecule has 0 saturated heterocycles. The second-order valence-electron chi connectivity index (χ2n) is 4.88. The predicted octanol–water partition coefficient (Wildman–Crippen LogP) is 3.33. The lowest BCUT2D eigenvalue weighted by Crippen LogP contribution is -2.03. The molecule has 0 fully saturated rings. The van der Waals surface area contributed by atoms with Gasteiger partial charge in [-0.1, -0.05) is 17.3 Å². The van der Waals surface area contributed by atoms with Crippen LogP contribution in [0.4, 0.5) is 0 Å². The summed E-state index contributed by atoms with van der Waals surface area (Å²) in [6, 6.07) is 12.9. The van der Waals surface area contributed by atoms with Gasteiger partial charge >= 0.3 is 0 Å². The summed E-state index contributed by atoms with van der Waals surface area (Å²) in [6.45, 7) is 0. The van der Waals surface area contributed by atoms with E-state index >= 15 is 0 Å². The Bertz CT molecular complexity index is 1050. The number of hydrogen-bond donors (Lipinski definition) is 1. The van der Waals surface area contributed by atoms with Gasteiger partial charge in [0.15, 0.2) is 5.76 Å². The van der Waals surface area contributed by atoms with Gasteiger partial charge in [0.1, 0.15) is 16.6 Å². The average Bonchev–Trinajstić information content (AvgIpc) is 2.60. The summed E-state index contributed by atoms with van der Waals surface area (Å²) in [5, 5.41) is 15.8. The van der Waals surface area contributed by atoms with Gasteiger partial charge < -0.3 is 9.62 Å². The molecule has 0 aliphatic rings. The van der Waals surface area contributed by atoms with Gasteiger partial charge in [-0.15, -0.1) is 0 Å². The minimum atomic E-state index is 0.449. The zero-order valence-electron chi connectivity index (χ0n) is 11.5. The van der Waals surface area contributed by atoms with Crippen LogP contribution in [0.25, 0.3) is 33.2 Å². The first kappa shape index (κ1) is 12.5. The van der Waals surface area contributed by atoms with Gasteiger partial charge in [0, 0.05) is 40.8 Å². The van der Waals surface area contributed by atoms with E-state index in [9.17, 15) is 5.21 Å². The largest absolute Gasteiger partial charge is 0.454 e. The maximum absolute atomic E-state index is 9.23. The Morgan fingerprint density at radius 1 is 1.00 bits per heavy atom. The van der Waals surface area contributed by atoms with Gasteiger partial charge in [0.05, 0.1) is 0 Å². The maximum atomic E-state index is 9.23. The second-order valence-corrected chi connectivity index (χ2v) is 4.88. The van der Waals surface area contributed by atoms with Crippen molar-refractivity contribution in [3.63, 3.8) is 0 Å². The topological polar surface area (TPSA) is 71.5 Å². The molecular formula is C17H11N3O2. The van der Waals surface area contributed by atoms with Crippen molar-refractivity contribution in [2.45, 2.75) is 0 Å². The van der Waals surface area contributed by atoms with Gasteiger partial charge in [-0.25, -0.2) is 0 Å². The average molecular weight is 289 g/mol. The molecule has 0 bridgehead atoms. The monoisotopic (exact) mass is 289 g/mol. The zero-order valence-corrected chi connectivity index (χ0v) is 11.5. The van der Waals surface area contributed by atoms with Crippen LogP contribution >= 0.6 is 0 Å². The Labute approximate surface area is 125 Å². The second kappa shape index (κ2) is 4.96. The number of hydrogen-bond acceptors (Lipinski definition) is 5. The summed E-state index contributed by atoms with van der Waals surface area (Å²) < 4.78 is 5.89. The Balaban J connectivity index is 1.99. The van der Waals surface area contributed by atoms with E-state index < -0.39 is 0 Å². The first-order valence-electron chi connectivity index (χ1n) is 6.76. The van der Waals surface area contributed by atoms with Crippen molar-refractivity contribution >= 4 is 21.7 Å². The number of fused-ring (bicyclic) bond motifs is 2. The van der Waals surface area contributed by atoms with Crippen molar-refractivity contribution in [3.05, 3.63) is 66.4 Å². The zero-order chi connectivity index (χ0) is 14.9. The van der Waals surface area contributed by atoms with Crippen LogP contribution in [0.1, 0.15) is 0 Å². The molecule has 1 N–H and O–H groups in total. The molecule has 0 atom stereocenters. The highest BCUT2D eigenvalue weighted by Crippen LogP contribution is 2.23. The van der Waals surface area contributed by atoms with Crippen molar-refractivity contribution in [3.8, 4) is 11.5 Å². The van der Waals surface area contributed by atoms with E-state index in [0.717, 1.165) is 16.2 Å². The summed E-state index contributed by atoms with van der Waals surface area (Å²) in [4.78, 5) is 8.53. The van der Waals surface area contributed by atoms with Crippen LogP contribution < -0.4 is 5.36 Å². The minimum absolute atomic E-state index is 0.449. The molecular weight excluding hydrogens is 278 g/mol. The number of pyridine rings is 2. The van der Waals surface area contributed by atoms with Crippen LogP contribution in [0.15, 0.2) is 70.6 Å². The Hall–Kier alpha value is -3.21. The number of para-hydroxylation sites is 1. The fourth-order valence-electron chi connectivity index (χ4n) is 2.44. The molecule has 22 heavy (non-hydrogen) atoms. The summed E-state index contributed by atoms with van der Waals surface area (Å²) in [5.74, 6) is 0.539. The van der Waals surface area contributed by atoms with Crippen LogP contribution in [0.3, 0.4) is 0 Å². The number of nitrogens with zero attached hydrogens (tertiary/aromatic N) is 3. The Morgan fingerprint density at radius 2 is 1.91 bits per heavy atom. The Kier molecular flexibility index (Phi) is 2.83. The third kappa shape index (κ3) is 2.00. The van der Waals surface area contributed by atoms with E-state index in [2.05, 4.69) is 15.1 Å². The first-order valence-corrected chi connectivity index (χ1v) is 6.76. The molecule has 0 spiro atoms. The minimum Gasteiger partial charge on any atom is -0.454 e. The summed E-state index contributed by atoms with van der Waals surface area (Å²) >= 11 is 0. The highest BCUT2D eigenvalue weighted by Gasteiger charge is 2.08. The molecule has 0 aliphatic heterocycles. The van der Waals surface area contributed by atoms with Gasteiger partial charge in [-0.05, 0) is 24.3 Å². The highest BCUT2D eigenvalue weighted by molar-refractivity contribution is 5.84. The normalized spacial score (nSPS) is 12.1. The Morgan fingerprint density at radius 3 is 2.82 bits per heavy atom. The molecule has 106 valence electrons. The smallest absolute Gasteiger partial charge is 0.155 e. The van der Waals surface area contributed by atoms with E-state index in [-0.39, 0.29) is 0 Å². The van der Waals surface area contributed by atoms with Gasteiger partial charge in [0.25, 0.3) is 0 Å². The molecule has 5 heteroatoms. The summed E-state index contributed by atoms with van der Waals surface area (Å²) in [5.41, 5.74) is 1.30. The maximum Gasteiger partial charge on any atom is 0.155 e. The first-order chi connectivity index (χ1) is 10.8. The van der Waals surface area contributed by atoms with Crippen molar-refractivity contribution in [1.82, 2.24) is 9.97 Å². The molecule has 0 aliphatic carbocycles. The quantitative estimate of drug-likeness (QED) is 0.431. The molecule has 3 heterocycles. The van der Waals surface area contributed by atoms with Crippen molar-refractivity contribution < 1.29 is 9.62 Å². The van der Waals surface area contributed by atoms with Crippen LogP contribution in [-0.4, -0.2) is 15.2 Å². The van der Waals surface area contributed by atoms with Crippen molar-refractivity contribution in [2.24, 2.45) is 5.16 Å². The lowest BCUT2D eigenvalue weighted by atomic mass is 10.1. The van der Waals surface area contributed by atoms with Gasteiger partial charge in [0.2, 0.25) is 0 Å². The van der Waals surface area contributed by atoms with E-state index in [1.54, 1.807) is 24.7 Å². The highest BCUT2D eigenvalue weighted by atomic mass is 16.4. The van der Waals surface area contributed by atoms with Gasteiger partial charge in [-0.2, -0.15) is 0 Å². The fraction of sp³-hybridized carbons (Fsp3) is 0. The van der Waals surface area contributed by atoms with Crippen LogP contribution in [-0.2, 0) is 0 Å². The molecule has 1 aromatic carbocycles. The SMILES string of the molecule is O/N=c1/cc(-c2cc3cnccc3cn2)oc2ccccc12. The van der Waals surface area contributed by atoms with E-state index in [0.29, 0.717) is 22.4 Å². The molecule has 0 radical (unpaired) electrons. The standard InChI is InChI=1S/C17H11N3O2/c21-20-14-8-17(22-16-4-2-1-3-13(14)16)15-7-12-9-18-6-5-11(12)10-19-15/h1-10,21H/b20-14-. The third-order valence-electron chi connectivity index (χ3n) is 3.53. The molecule has 0 saturated carbocycles. The predicted molar refractivity (Wildman–Crippen MR) is 82.1 cm³/mol. The number of aromatic nitrogens is 2. The lowest BCUT2D eigenvalue weighted by molar-refractivity contribution is 0.302. The van der Waals surface area contributed by atoms with Crippen molar-refractivity contribution in [1.29, 1.82) is 0 Å². The van der Waals surface area contributed by atoms with Crippen LogP contribution in [0.2, 0.25) is 0 Å². The van der Waals surface area contributed by atoms with Crippen LogP contribution in [0.5, 0.6) is 0 Å². The summed E-state index contributed by atoms with van der Waals surface area (Å²) in [6.07, 6.45) is 5.28.